The maximum Gasteiger partial charge on any atom is 0.0701 e. The SMILES string of the molecule is c1ccc(-c2ccc(N(c3ccc(-c4ccccn4)cc3)c3ccc(C4C5C6C7CCC8C9CCC%10C%11CCC%12C%13CCC%14C(C45)C4C6C5C7C8C6C9C%10C7C%11C%12C8C%13C%14C4C4C8C7C6C54)cc3)cc2)nc1. The first-order chi connectivity index (χ1) is 35.8. The number of hydrogen-bond donors (Lipinski definition) is 0. The van der Waals surface area contributed by atoms with Gasteiger partial charge in [0, 0.05) is 40.6 Å². The second-order valence-corrected chi connectivity index (χ2v) is 29.5. The van der Waals surface area contributed by atoms with E-state index in [-0.39, 0.29) is 0 Å². The second-order valence-electron chi connectivity index (χ2n) is 29.5. The van der Waals surface area contributed by atoms with E-state index in [0.717, 1.165) is 147 Å². The largest absolute Gasteiger partial charge is 0.311 e. The maximum atomic E-state index is 4.70. The number of benzene rings is 3. The van der Waals surface area contributed by atoms with Crippen molar-refractivity contribution in [3.63, 3.8) is 0 Å². The molecular formula is C69H69N3. The Balaban J connectivity index is 0.687. The molecule has 17 aliphatic carbocycles. The minimum atomic E-state index is 0.801. The van der Waals surface area contributed by atoms with Crippen LogP contribution in [0.1, 0.15) is 62.8 Å². The summed E-state index contributed by atoms with van der Waals surface area (Å²) in [6.45, 7) is 0. The molecule has 22 rings (SSSR count). The van der Waals surface area contributed by atoms with Crippen molar-refractivity contribution >= 4 is 17.1 Å². The van der Waals surface area contributed by atoms with E-state index in [4.69, 9.17) is 9.97 Å². The smallest absolute Gasteiger partial charge is 0.0701 e. The van der Waals surface area contributed by atoms with Crippen LogP contribution in [0.15, 0.2) is 122 Å². The summed E-state index contributed by atoms with van der Waals surface area (Å²) >= 11 is 0. The highest BCUT2D eigenvalue weighted by molar-refractivity contribution is 5.79. The molecule has 5 aromatic rings. The molecule has 17 fully saturated rings. The fourth-order valence-corrected chi connectivity index (χ4v) is 30.2. The van der Waals surface area contributed by atoms with Crippen LogP contribution in [-0.2, 0) is 0 Å². The van der Waals surface area contributed by atoms with Crippen LogP contribution in [-0.4, -0.2) is 9.97 Å². The number of hydrogen-bond acceptors (Lipinski definition) is 3. The first-order valence-electron chi connectivity index (χ1n) is 30.7. The lowest BCUT2D eigenvalue weighted by Crippen LogP contribution is -2.58. The van der Waals surface area contributed by atoms with E-state index in [1.807, 2.05) is 24.5 Å². The number of rotatable bonds is 6. The summed E-state index contributed by atoms with van der Waals surface area (Å²) in [5, 5.41) is 0. The molecule has 2 heterocycles. The van der Waals surface area contributed by atoms with E-state index in [9.17, 15) is 0 Å². The van der Waals surface area contributed by atoms with Crippen LogP contribution < -0.4 is 4.90 Å². The average Bonchev–Trinajstić information content (AvgIpc) is 4.14. The van der Waals surface area contributed by atoms with Gasteiger partial charge in [-0.05, 0) is 313 Å². The summed E-state index contributed by atoms with van der Waals surface area (Å²) in [6, 6.07) is 41.3. The molecule has 0 aliphatic heterocycles. The Kier molecular flexibility index (Phi) is 6.67. The number of aromatic nitrogens is 2. The van der Waals surface area contributed by atoms with Gasteiger partial charge in [0.2, 0.25) is 0 Å². The Labute approximate surface area is 426 Å². The molecule has 17 saturated carbocycles. The summed E-state index contributed by atoms with van der Waals surface area (Å²) in [5.41, 5.74) is 9.78. The molecule has 0 radical (unpaired) electrons. The number of anilines is 3. The molecule has 3 nitrogen and oxygen atoms in total. The molecule has 0 N–H and O–H groups in total. The zero-order chi connectivity index (χ0) is 45.5. The van der Waals surface area contributed by atoms with Gasteiger partial charge in [0.15, 0.2) is 0 Å². The van der Waals surface area contributed by atoms with Crippen LogP contribution >= 0.6 is 0 Å². The Morgan fingerprint density at radius 3 is 0.875 bits per heavy atom. The van der Waals surface area contributed by atoms with Gasteiger partial charge < -0.3 is 4.90 Å². The maximum absolute atomic E-state index is 4.70. The zero-order valence-electron chi connectivity index (χ0n) is 41.6. The second kappa shape index (κ2) is 12.5. The molecule has 30 unspecified atom stereocenters. The lowest BCUT2D eigenvalue weighted by atomic mass is 9.43. The van der Waals surface area contributed by atoms with Crippen molar-refractivity contribution in [1.82, 2.24) is 9.97 Å². The lowest BCUT2D eigenvalue weighted by Gasteiger charge is -2.61. The number of pyridine rings is 2. The summed E-state index contributed by atoms with van der Waals surface area (Å²) in [7, 11) is 0. The first-order valence-corrected chi connectivity index (χ1v) is 30.7. The topological polar surface area (TPSA) is 29.0 Å². The Bertz CT molecular complexity index is 2960. The molecule has 0 amide bonds. The van der Waals surface area contributed by atoms with Crippen molar-refractivity contribution < 1.29 is 0 Å². The lowest BCUT2D eigenvalue weighted by molar-refractivity contribution is -0.148. The van der Waals surface area contributed by atoms with Gasteiger partial charge in [-0.1, -0.05) is 48.5 Å². The van der Waals surface area contributed by atoms with Gasteiger partial charge in [-0.3, -0.25) is 9.97 Å². The van der Waals surface area contributed by atoms with Crippen molar-refractivity contribution in [1.29, 1.82) is 0 Å². The summed E-state index contributed by atoms with van der Waals surface area (Å²) in [4.78, 5) is 11.9. The van der Waals surface area contributed by atoms with Gasteiger partial charge in [-0.2, -0.15) is 0 Å². The normalized spacial score (nSPS) is 56.9. The fraction of sp³-hybridized carbons (Fsp3) is 0.594. The van der Waals surface area contributed by atoms with E-state index >= 15 is 0 Å². The Morgan fingerprint density at radius 1 is 0.264 bits per heavy atom. The van der Waals surface area contributed by atoms with Crippen LogP contribution in [0.5, 0.6) is 0 Å². The van der Waals surface area contributed by atoms with Gasteiger partial charge in [0.05, 0.1) is 11.4 Å². The van der Waals surface area contributed by atoms with E-state index in [0.29, 0.717) is 0 Å². The molecule has 0 bridgehead atoms. The van der Waals surface area contributed by atoms with E-state index in [1.165, 1.54) is 88.1 Å². The third kappa shape index (κ3) is 3.96. The fourth-order valence-electron chi connectivity index (χ4n) is 30.2. The quantitative estimate of drug-likeness (QED) is 0.170. The third-order valence-electron chi connectivity index (χ3n) is 29.7. The van der Waals surface area contributed by atoms with Crippen LogP contribution in [0, 0.1) is 189 Å². The Hall–Kier alpha value is -4.24. The molecular weight excluding hydrogens is 871 g/mol. The highest BCUT2D eigenvalue weighted by Crippen LogP contribution is 2.95. The van der Waals surface area contributed by atoms with E-state index in [1.54, 1.807) is 56.9 Å². The molecule has 360 valence electrons. The van der Waals surface area contributed by atoms with Crippen LogP contribution in [0.3, 0.4) is 0 Å². The first kappa shape index (κ1) is 38.3. The van der Waals surface area contributed by atoms with Crippen LogP contribution in [0.2, 0.25) is 0 Å². The van der Waals surface area contributed by atoms with Gasteiger partial charge in [-0.15, -0.1) is 0 Å². The highest BCUT2D eigenvalue weighted by Gasteiger charge is 2.90. The van der Waals surface area contributed by atoms with Crippen molar-refractivity contribution in [3.8, 4) is 22.5 Å². The molecule has 17 aliphatic rings. The molecule has 3 heteroatoms. The van der Waals surface area contributed by atoms with E-state index in [2.05, 4.69) is 102 Å². The number of nitrogens with zero attached hydrogens (tertiary/aromatic N) is 3. The molecule has 72 heavy (non-hydrogen) atoms. The summed E-state index contributed by atoms with van der Waals surface area (Å²) < 4.78 is 0. The Morgan fingerprint density at radius 2 is 0.542 bits per heavy atom. The van der Waals surface area contributed by atoms with Gasteiger partial charge in [-0.25, -0.2) is 0 Å². The number of fused-ring (bicyclic) bond motifs is 8. The summed E-state index contributed by atoms with van der Waals surface area (Å²) in [5.74, 6) is 37.3. The standard InChI is InChI=1S/C69H69N3/c1-3-27-70-43(5-1)29-7-13-32(14-8-29)72(33-15-9-30(10-16-33)44-6-2-4-28-71-44)34-17-11-31(12-18-34)45-56-54-41-25-23-39-37-21-19-35-36-20-22-38-40-24-26-42-53-51(40)60-49(38)47(36)58-46(35)48(37)59-50(39)52(41)61-63(54)64(55(42)57(45)56)62(53)69-67(60)65(58)66(59)68(61)69/h1-18,27-28,35-42,45-69H,19-26H2. The molecule has 30 atom stereocenters. The van der Waals surface area contributed by atoms with Gasteiger partial charge in [0.25, 0.3) is 0 Å². The summed E-state index contributed by atoms with van der Waals surface area (Å²) in [6.07, 6.45) is 17.1. The monoisotopic (exact) mass is 940 g/mol. The van der Waals surface area contributed by atoms with Crippen molar-refractivity contribution in [2.75, 3.05) is 4.90 Å². The van der Waals surface area contributed by atoms with E-state index < -0.39 is 0 Å². The van der Waals surface area contributed by atoms with Crippen molar-refractivity contribution in [3.05, 3.63) is 127 Å². The molecule has 0 saturated heterocycles. The minimum absolute atomic E-state index is 0.801. The molecule has 0 spiro atoms. The van der Waals surface area contributed by atoms with Crippen molar-refractivity contribution in [2.45, 2.75) is 57.3 Å². The van der Waals surface area contributed by atoms with Gasteiger partial charge in [0.1, 0.15) is 0 Å². The predicted octanol–water partition coefficient (Wildman–Crippen LogP) is 14.4. The molecule has 2 aromatic heterocycles. The minimum Gasteiger partial charge on any atom is -0.311 e. The van der Waals surface area contributed by atoms with Gasteiger partial charge >= 0.3 is 0 Å². The van der Waals surface area contributed by atoms with Crippen LogP contribution in [0.4, 0.5) is 17.1 Å². The van der Waals surface area contributed by atoms with Crippen molar-refractivity contribution in [2.24, 2.45) is 189 Å². The molecule has 3 aromatic carbocycles. The van der Waals surface area contributed by atoms with Crippen LogP contribution in [0.25, 0.3) is 22.5 Å². The average molecular weight is 940 g/mol. The zero-order valence-corrected chi connectivity index (χ0v) is 41.6. The predicted molar refractivity (Wildman–Crippen MR) is 279 cm³/mol. The highest BCUT2D eigenvalue weighted by atomic mass is 15.1. The third-order valence-corrected chi connectivity index (χ3v) is 29.7.